The maximum absolute atomic E-state index is 13.1. The van der Waals surface area contributed by atoms with Crippen molar-refractivity contribution in [2.24, 2.45) is 0 Å². The molecule has 6 heteroatoms. The first-order valence-electron chi connectivity index (χ1n) is 8.76. The van der Waals surface area contributed by atoms with Crippen LogP contribution >= 0.6 is 0 Å². The molecular formula is C22H17FN4O. The van der Waals surface area contributed by atoms with Crippen LogP contribution in [-0.2, 0) is 0 Å². The van der Waals surface area contributed by atoms with E-state index >= 15 is 0 Å². The Morgan fingerprint density at radius 1 is 0.929 bits per heavy atom. The summed E-state index contributed by atoms with van der Waals surface area (Å²) in [6.07, 6.45) is 0. The molecule has 0 bridgehead atoms. The fraction of sp³-hybridized carbons (Fsp3) is 0.0455. The molecule has 0 aliphatic heterocycles. The predicted octanol–water partition coefficient (Wildman–Crippen LogP) is 4.63. The van der Waals surface area contributed by atoms with Crippen molar-refractivity contribution < 1.29 is 9.18 Å². The summed E-state index contributed by atoms with van der Waals surface area (Å²) in [5, 5.41) is 7.11. The molecule has 28 heavy (non-hydrogen) atoms. The predicted molar refractivity (Wildman–Crippen MR) is 106 cm³/mol. The molecule has 4 aromatic rings. The third kappa shape index (κ3) is 3.66. The molecule has 0 saturated carbocycles. The van der Waals surface area contributed by atoms with Gasteiger partial charge in [-0.3, -0.25) is 4.79 Å². The molecule has 0 atom stereocenters. The third-order valence-corrected chi connectivity index (χ3v) is 4.22. The lowest BCUT2D eigenvalue weighted by Gasteiger charge is -2.05. The Morgan fingerprint density at radius 2 is 1.61 bits per heavy atom. The molecule has 0 fully saturated rings. The second-order valence-electron chi connectivity index (χ2n) is 6.33. The third-order valence-electron chi connectivity index (χ3n) is 4.22. The Bertz CT molecular complexity index is 1100. The molecule has 0 spiro atoms. The second-order valence-corrected chi connectivity index (χ2v) is 6.33. The highest BCUT2D eigenvalue weighted by Crippen LogP contribution is 2.22. The molecule has 138 valence electrons. The Kier molecular flexibility index (Phi) is 4.68. The average molecular weight is 372 g/mol. The van der Waals surface area contributed by atoms with E-state index in [1.807, 2.05) is 61.5 Å². The Hall–Kier alpha value is -3.80. The molecule has 0 saturated heterocycles. The fourth-order valence-corrected chi connectivity index (χ4v) is 2.77. The molecule has 1 heterocycles. The van der Waals surface area contributed by atoms with Crippen LogP contribution in [0.2, 0.25) is 0 Å². The number of para-hydroxylation sites is 1. The minimum absolute atomic E-state index is 0.0313. The average Bonchev–Trinajstić information content (AvgIpc) is 3.16. The summed E-state index contributed by atoms with van der Waals surface area (Å²) in [4.78, 5) is 17.1. The number of carbonyl (C=O) groups excluding carboxylic acids is 1. The monoisotopic (exact) mass is 372 g/mol. The van der Waals surface area contributed by atoms with Crippen molar-refractivity contribution in [3.05, 3.63) is 96.1 Å². The minimum atomic E-state index is -0.463. The number of halogens is 1. The Labute approximate surface area is 161 Å². The molecule has 1 amide bonds. The van der Waals surface area contributed by atoms with Crippen molar-refractivity contribution in [2.45, 2.75) is 6.92 Å². The van der Waals surface area contributed by atoms with Gasteiger partial charge in [-0.15, -0.1) is 5.10 Å². The number of nitrogens with one attached hydrogen (secondary N) is 1. The number of anilines is 1. The van der Waals surface area contributed by atoms with Gasteiger partial charge in [-0.05, 0) is 43.3 Å². The van der Waals surface area contributed by atoms with Gasteiger partial charge < -0.3 is 5.32 Å². The van der Waals surface area contributed by atoms with Crippen LogP contribution in [0.5, 0.6) is 0 Å². The van der Waals surface area contributed by atoms with Crippen LogP contribution in [-0.4, -0.2) is 20.7 Å². The second kappa shape index (κ2) is 7.44. The van der Waals surface area contributed by atoms with Crippen LogP contribution in [0.15, 0.2) is 78.9 Å². The van der Waals surface area contributed by atoms with E-state index in [1.165, 1.54) is 24.3 Å². The standard InChI is InChI=1S/C22H17FN4O/c1-15-7-9-16(10-8-15)21-25-20(26-27(21)19-5-3-2-4-6-19)22(28)24-18-13-11-17(23)12-14-18/h2-14H,1H3,(H,24,28). The Balaban J connectivity index is 1.73. The maximum atomic E-state index is 13.1. The van der Waals surface area contributed by atoms with Crippen molar-refractivity contribution in [3.63, 3.8) is 0 Å². The van der Waals surface area contributed by atoms with Crippen molar-refractivity contribution in [2.75, 3.05) is 5.32 Å². The number of aromatic nitrogens is 3. The number of benzene rings is 3. The van der Waals surface area contributed by atoms with E-state index < -0.39 is 5.91 Å². The number of carbonyl (C=O) groups is 1. The van der Waals surface area contributed by atoms with E-state index in [0.29, 0.717) is 11.5 Å². The first-order valence-corrected chi connectivity index (χ1v) is 8.76. The Morgan fingerprint density at radius 3 is 2.29 bits per heavy atom. The first kappa shape index (κ1) is 17.6. The van der Waals surface area contributed by atoms with Gasteiger partial charge in [0.1, 0.15) is 5.82 Å². The minimum Gasteiger partial charge on any atom is -0.319 e. The molecule has 5 nitrogen and oxygen atoms in total. The normalized spacial score (nSPS) is 10.6. The van der Waals surface area contributed by atoms with Gasteiger partial charge in [-0.25, -0.2) is 14.1 Å². The van der Waals surface area contributed by atoms with Crippen LogP contribution in [0.1, 0.15) is 16.2 Å². The SMILES string of the molecule is Cc1ccc(-c2nc(C(=O)Nc3ccc(F)cc3)nn2-c2ccccc2)cc1. The van der Waals surface area contributed by atoms with Crippen LogP contribution in [0.4, 0.5) is 10.1 Å². The molecule has 3 aromatic carbocycles. The lowest BCUT2D eigenvalue weighted by molar-refractivity contribution is 0.101. The van der Waals surface area contributed by atoms with E-state index in [1.54, 1.807) is 4.68 Å². The molecular weight excluding hydrogens is 355 g/mol. The molecule has 4 rings (SSSR count). The molecule has 1 aromatic heterocycles. The highest BCUT2D eigenvalue weighted by atomic mass is 19.1. The zero-order chi connectivity index (χ0) is 19.5. The van der Waals surface area contributed by atoms with E-state index in [2.05, 4.69) is 15.4 Å². The number of nitrogens with zero attached hydrogens (tertiary/aromatic N) is 3. The van der Waals surface area contributed by atoms with Gasteiger partial charge >= 0.3 is 0 Å². The zero-order valence-electron chi connectivity index (χ0n) is 15.1. The number of hydrogen-bond acceptors (Lipinski definition) is 3. The van der Waals surface area contributed by atoms with E-state index in [0.717, 1.165) is 16.8 Å². The molecule has 0 aliphatic carbocycles. The summed E-state index contributed by atoms with van der Waals surface area (Å²) in [5.41, 5.74) is 3.25. The summed E-state index contributed by atoms with van der Waals surface area (Å²) in [5.74, 6) is -0.236. The molecule has 1 N–H and O–H groups in total. The van der Waals surface area contributed by atoms with Gasteiger partial charge in [0.15, 0.2) is 5.82 Å². The molecule has 0 unspecified atom stereocenters. The summed E-state index contributed by atoms with van der Waals surface area (Å²) >= 11 is 0. The van der Waals surface area contributed by atoms with Crippen LogP contribution in [0.25, 0.3) is 17.1 Å². The highest BCUT2D eigenvalue weighted by Gasteiger charge is 2.19. The maximum Gasteiger partial charge on any atom is 0.295 e. The van der Waals surface area contributed by atoms with Gasteiger partial charge in [0.05, 0.1) is 5.69 Å². The van der Waals surface area contributed by atoms with Gasteiger partial charge in [-0.2, -0.15) is 0 Å². The number of hydrogen-bond donors (Lipinski definition) is 1. The van der Waals surface area contributed by atoms with E-state index in [-0.39, 0.29) is 11.6 Å². The smallest absolute Gasteiger partial charge is 0.295 e. The van der Waals surface area contributed by atoms with Crippen LogP contribution < -0.4 is 5.32 Å². The summed E-state index contributed by atoms with van der Waals surface area (Å²) in [6.45, 7) is 2.01. The number of rotatable bonds is 4. The van der Waals surface area contributed by atoms with Gasteiger partial charge in [-0.1, -0.05) is 48.0 Å². The topological polar surface area (TPSA) is 59.8 Å². The zero-order valence-corrected chi connectivity index (χ0v) is 15.1. The van der Waals surface area contributed by atoms with Crippen molar-refractivity contribution >= 4 is 11.6 Å². The summed E-state index contributed by atoms with van der Waals surface area (Å²) in [7, 11) is 0. The quantitative estimate of drug-likeness (QED) is 0.568. The van der Waals surface area contributed by atoms with Crippen LogP contribution in [0.3, 0.4) is 0 Å². The first-order chi connectivity index (χ1) is 13.6. The molecule has 0 radical (unpaired) electrons. The molecule has 0 aliphatic rings. The van der Waals surface area contributed by atoms with Gasteiger partial charge in [0, 0.05) is 11.3 Å². The summed E-state index contributed by atoms with van der Waals surface area (Å²) < 4.78 is 14.7. The summed E-state index contributed by atoms with van der Waals surface area (Å²) in [6, 6.07) is 22.9. The van der Waals surface area contributed by atoms with Crippen molar-refractivity contribution in [3.8, 4) is 17.1 Å². The van der Waals surface area contributed by atoms with Crippen molar-refractivity contribution in [1.82, 2.24) is 14.8 Å². The van der Waals surface area contributed by atoms with Gasteiger partial charge in [0.2, 0.25) is 5.82 Å². The lowest BCUT2D eigenvalue weighted by Crippen LogP contribution is -2.14. The van der Waals surface area contributed by atoms with E-state index in [4.69, 9.17) is 0 Å². The van der Waals surface area contributed by atoms with Gasteiger partial charge in [0.25, 0.3) is 5.91 Å². The van der Waals surface area contributed by atoms with Crippen LogP contribution in [0, 0.1) is 12.7 Å². The number of amides is 1. The fourth-order valence-electron chi connectivity index (χ4n) is 2.77. The van der Waals surface area contributed by atoms with Crippen molar-refractivity contribution in [1.29, 1.82) is 0 Å². The largest absolute Gasteiger partial charge is 0.319 e. The van der Waals surface area contributed by atoms with E-state index in [9.17, 15) is 9.18 Å². The number of aryl methyl sites for hydroxylation is 1. The lowest BCUT2D eigenvalue weighted by atomic mass is 10.1. The highest BCUT2D eigenvalue weighted by molar-refractivity contribution is 6.01.